The molecule has 2 atom stereocenters. The van der Waals surface area contributed by atoms with Crippen molar-refractivity contribution >= 4 is 11.6 Å². The van der Waals surface area contributed by atoms with Gasteiger partial charge in [0, 0.05) is 22.7 Å². The maximum Gasteiger partial charge on any atom is 0.126 e. The Morgan fingerprint density at radius 1 is 1.44 bits per heavy atom. The lowest BCUT2D eigenvalue weighted by molar-refractivity contribution is 0.341. The summed E-state index contributed by atoms with van der Waals surface area (Å²) in [4.78, 5) is 0. The lowest BCUT2D eigenvalue weighted by atomic mass is 9.92. The fourth-order valence-corrected chi connectivity index (χ4v) is 2.97. The van der Waals surface area contributed by atoms with Gasteiger partial charge in [0.15, 0.2) is 0 Å². The van der Waals surface area contributed by atoms with Gasteiger partial charge < -0.3 is 15.8 Å². The van der Waals surface area contributed by atoms with Crippen LogP contribution in [0.4, 0.5) is 0 Å². The van der Waals surface area contributed by atoms with Gasteiger partial charge in [-0.25, -0.2) is 0 Å². The standard InChI is InChI=1S/C14H21ClN2O/c1-9-7-10(15)8-11(14(9)18-2)13(16)12-5-3-4-6-17-12/h7-8,12-13,17H,3-6,16H2,1-2H3. The number of aryl methyl sites for hydroxylation is 1. The summed E-state index contributed by atoms with van der Waals surface area (Å²) in [6.07, 6.45) is 3.57. The zero-order chi connectivity index (χ0) is 13.1. The van der Waals surface area contributed by atoms with E-state index in [2.05, 4.69) is 5.32 Å². The van der Waals surface area contributed by atoms with Crippen LogP contribution in [-0.4, -0.2) is 19.7 Å². The molecule has 1 aliphatic rings. The quantitative estimate of drug-likeness (QED) is 0.886. The minimum Gasteiger partial charge on any atom is -0.496 e. The van der Waals surface area contributed by atoms with Crippen LogP contribution in [0.5, 0.6) is 5.75 Å². The van der Waals surface area contributed by atoms with Gasteiger partial charge in [0.2, 0.25) is 0 Å². The lowest BCUT2D eigenvalue weighted by Crippen LogP contribution is -2.42. The smallest absolute Gasteiger partial charge is 0.126 e. The zero-order valence-corrected chi connectivity index (χ0v) is 11.8. The number of nitrogens with one attached hydrogen (secondary N) is 1. The molecule has 4 heteroatoms. The summed E-state index contributed by atoms with van der Waals surface area (Å²) in [5, 5.41) is 4.20. The average Bonchev–Trinajstić information content (AvgIpc) is 2.38. The first kappa shape index (κ1) is 13.7. The Hall–Kier alpha value is -0.770. The largest absolute Gasteiger partial charge is 0.496 e. The Bertz CT molecular complexity index is 417. The molecule has 1 aliphatic heterocycles. The van der Waals surface area contributed by atoms with Crippen LogP contribution in [0.3, 0.4) is 0 Å². The fourth-order valence-electron chi connectivity index (χ4n) is 2.68. The summed E-state index contributed by atoms with van der Waals surface area (Å²) >= 11 is 6.13. The Morgan fingerprint density at radius 2 is 2.22 bits per heavy atom. The van der Waals surface area contributed by atoms with E-state index in [1.165, 1.54) is 12.8 Å². The van der Waals surface area contributed by atoms with E-state index in [9.17, 15) is 0 Å². The first-order valence-electron chi connectivity index (χ1n) is 6.46. The Kier molecular flexibility index (Phi) is 4.49. The third kappa shape index (κ3) is 2.79. The molecule has 1 fully saturated rings. The maximum absolute atomic E-state index is 6.38. The van der Waals surface area contributed by atoms with Gasteiger partial charge in [0.25, 0.3) is 0 Å². The number of nitrogens with two attached hydrogens (primary N) is 1. The Balaban J connectivity index is 2.30. The summed E-state index contributed by atoms with van der Waals surface area (Å²) < 4.78 is 5.48. The third-order valence-corrected chi connectivity index (χ3v) is 3.83. The van der Waals surface area contributed by atoms with Crippen molar-refractivity contribution in [1.82, 2.24) is 5.32 Å². The molecular formula is C14H21ClN2O. The molecule has 1 heterocycles. The Labute approximate surface area is 114 Å². The molecule has 0 aliphatic carbocycles. The molecule has 1 aromatic rings. The summed E-state index contributed by atoms with van der Waals surface area (Å²) in [5.41, 5.74) is 8.42. The first-order valence-corrected chi connectivity index (χ1v) is 6.84. The molecule has 2 unspecified atom stereocenters. The van der Waals surface area contributed by atoms with Crippen molar-refractivity contribution in [2.45, 2.75) is 38.3 Å². The normalized spacial score (nSPS) is 21.7. The molecule has 1 aromatic carbocycles. The van der Waals surface area contributed by atoms with E-state index < -0.39 is 0 Å². The van der Waals surface area contributed by atoms with E-state index in [1.807, 2.05) is 19.1 Å². The minimum absolute atomic E-state index is 0.0716. The molecule has 3 nitrogen and oxygen atoms in total. The second kappa shape index (κ2) is 5.91. The van der Waals surface area contributed by atoms with Crippen LogP contribution in [0.1, 0.15) is 36.4 Å². The van der Waals surface area contributed by atoms with Crippen LogP contribution in [-0.2, 0) is 0 Å². The Morgan fingerprint density at radius 3 is 2.83 bits per heavy atom. The molecule has 1 saturated heterocycles. The first-order chi connectivity index (χ1) is 8.63. The number of hydrogen-bond donors (Lipinski definition) is 2. The third-order valence-electron chi connectivity index (χ3n) is 3.61. The van der Waals surface area contributed by atoms with E-state index in [4.69, 9.17) is 22.1 Å². The number of benzene rings is 1. The van der Waals surface area contributed by atoms with Crippen molar-refractivity contribution in [2.24, 2.45) is 5.73 Å². The molecule has 0 spiro atoms. The molecule has 0 aromatic heterocycles. The van der Waals surface area contributed by atoms with Gasteiger partial charge in [-0.2, -0.15) is 0 Å². The highest BCUT2D eigenvalue weighted by Gasteiger charge is 2.24. The SMILES string of the molecule is COc1c(C)cc(Cl)cc1C(N)C1CCCCN1. The van der Waals surface area contributed by atoms with Gasteiger partial charge in [0.1, 0.15) is 5.75 Å². The van der Waals surface area contributed by atoms with Gasteiger partial charge in [-0.3, -0.25) is 0 Å². The lowest BCUT2D eigenvalue weighted by Gasteiger charge is -2.30. The molecule has 0 radical (unpaired) electrons. The van der Waals surface area contributed by atoms with Gasteiger partial charge in [-0.1, -0.05) is 18.0 Å². The number of piperidine rings is 1. The van der Waals surface area contributed by atoms with Gasteiger partial charge in [-0.15, -0.1) is 0 Å². The van der Waals surface area contributed by atoms with Crippen molar-refractivity contribution in [1.29, 1.82) is 0 Å². The molecule has 100 valence electrons. The minimum atomic E-state index is -0.0716. The van der Waals surface area contributed by atoms with Crippen LogP contribution in [0.25, 0.3) is 0 Å². The van der Waals surface area contributed by atoms with Crippen LogP contribution < -0.4 is 15.8 Å². The van der Waals surface area contributed by atoms with Gasteiger partial charge >= 0.3 is 0 Å². The molecular weight excluding hydrogens is 248 g/mol. The van der Waals surface area contributed by atoms with E-state index in [0.717, 1.165) is 34.9 Å². The number of halogens is 1. The summed E-state index contributed by atoms with van der Waals surface area (Å²) in [7, 11) is 1.68. The second-order valence-corrected chi connectivity index (χ2v) is 5.36. The molecule has 0 saturated carbocycles. The number of hydrogen-bond acceptors (Lipinski definition) is 3. The number of rotatable bonds is 3. The zero-order valence-electron chi connectivity index (χ0n) is 11.0. The number of ether oxygens (including phenoxy) is 1. The van der Waals surface area contributed by atoms with Crippen LogP contribution in [0.15, 0.2) is 12.1 Å². The van der Waals surface area contributed by atoms with Crippen molar-refractivity contribution < 1.29 is 4.74 Å². The molecule has 0 amide bonds. The van der Waals surface area contributed by atoms with E-state index in [0.29, 0.717) is 6.04 Å². The van der Waals surface area contributed by atoms with Crippen molar-refractivity contribution in [3.8, 4) is 5.75 Å². The van der Waals surface area contributed by atoms with E-state index in [-0.39, 0.29) is 6.04 Å². The maximum atomic E-state index is 6.38. The van der Waals surface area contributed by atoms with E-state index >= 15 is 0 Å². The summed E-state index contributed by atoms with van der Waals surface area (Å²) in [6.45, 7) is 3.04. The fraction of sp³-hybridized carbons (Fsp3) is 0.571. The summed E-state index contributed by atoms with van der Waals surface area (Å²) in [6, 6.07) is 4.07. The molecule has 0 bridgehead atoms. The molecule has 3 N–H and O–H groups in total. The van der Waals surface area contributed by atoms with Gasteiger partial charge in [-0.05, 0) is 44.0 Å². The average molecular weight is 269 g/mol. The monoisotopic (exact) mass is 268 g/mol. The van der Waals surface area contributed by atoms with Crippen molar-refractivity contribution in [3.63, 3.8) is 0 Å². The highest BCUT2D eigenvalue weighted by atomic mass is 35.5. The van der Waals surface area contributed by atoms with Crippen LogP contribution in [0, 0.1) is 6.92 Å². The van der Waals surface area contributed by atoms with Crippen LogP contribution in [0.2, 0.25) is 5.02 Å². The second-order valence-electron chi connectivity index (χ2n) is 4.93. The van der Waals surface area contributed by atoms with Crippen molar-refractivity contribution in [3.05, 3.63) is 28.3 Å². The topological polar surface area (TPSA) is 47.3 Å². The molecule has 18 heavy (non-hydrogen) atoms. The number of methoxy groups -OCH3 is 1. The van der Waals surface area contributed by atoms with Gasteiger partial charge in [0.05, 0.1) is 7.11 Å². The van der Waals surface area contributed by atoms with Crippen molar-refractivity contribution in [2.75, 3.05) is 13.7 Å². The predicted octanol–water partition coefficient (Wildman–Crippen LogP) is 2.80. The summed E-state index contributed by atoms with van der Waals surface area (Å²) in [5.74, 6) is 0.860. The molecule has 2 rings (SSSR count). The van der Waals surface area contributed by atoms with Crippen LogP contribution >= 0.6 is 11.6 Å². The highest BCUT2D eigenvalue weighted by Crippen LogP contribution is 2.33. The van der Waals surface area contributed by atoms with E-state index in [1.54, 1.807) is 7.11 Å². The highest BCUT2D eigenvalue weighted by molar-refractivity contribution is 6.30. The predicted molar refractivity (Wildman–Crippen MR) is 75.3 cm³/mol.